The molecule has 0 aromatic heterocycles. The van der Waals surface area contributed by atoms with Crippen LogP contribution in [0.25, 0.3) is 0 Å². The Labute approximate surface area is 120 Å². The summed E-state index contributed by atoms with van der Waals surface area (Å²) in [5.74, 6) is -0.318. The summed E-state index contributed by atoms with van der Waals surface area (Å²) in [6.45, 7) is 6.43. The van der Waals surface area contributed by atoms with E-state index in [9.17, 15) is 14.7 Å². The standard InChI is InChI=1S/C15H27NO4/c1-9(2)11-5-4-10(3)8-13(11)20-15(19)12(16)6-7-14(17)18/h9-13H,4-8,16H2,1-3H3,(H,17,18)/p-1/t10?,11?,12-,13?/m0/s1. The second-order valence-electron chi connectivity index (χ2n) is 6.32. The van der Waals surface area contributed by atoms with Gasteiger partial charge >= 0.3 is 5.97 Å². The van der Waals surface area contributed by atoms with Crippen LogP contribution < -0.4 is 10.8 Å². The third-order valence-electron chi connectivity index (χ3n) is 4.19. The lowest BCUT2D eigenvalue weighted by molar-refractivity contribution is -0.305. The zero-order valence-corrected chi connectivity index (χ0v) is 12.6. The molecule has 2 N–H and O–H groups in total. The lowest BCUT2D eigenvalue weighted by Crippen LogP contribution is -2.41. The van der Waals surface area contributed by atoms with Crippen molar-refractivity contribution in [1.29, 1.82) is 0 Å². The maximum absolute atomic E-state index is 11.9. The Balaban J connectivity index is 2.54. The van der Waals surface area contributed by atoms with E-state index in [2.05, 4.69) is 20.8 Å². The maximum atomic E-state index is 11.9. The summed E-state index contributed by atoms with van der Waals surface area (Å²) in [6, 6.07) is -0.877. The van der Waals surface area contributed by atoms with Gasteiger partial charge in [-0.25, -0.2) is 0 Å². The van der Waals surface area contributed by atoms with E-state index in [-0.39, 0.29) is 18.9 Å². The number of nitrogens with two attached hydrogens (primary N) is 1. The molecule has 0 radical (unpaired) electrons. The minimum absolute atomic E-state index is 0.0653. The van der Waals surface area contributed by atoms with Gasteiger partial charge in [-0.05, 0) is 43.4 Å². The Morgan fingerprint density at radius 3 is 2.55 bits per heavy atom. The summed E-state index contributed by atoms with van der Waals surface area (Å²) in [6.07, 6.45) is 2.83. The van der Waals surface area contributed by atoms with Gasteiger partial charge in [-0.2, -0.15) is 0 Å². The maximum Gasteiger partial charge on any atom is 0.323 e. The normalized spacial score (nSPS) is 28.1. The molecule has 1 rings (SSSR count). The summed E-state index contributed by atoms with van der Waals surface area (Å²) < 4.78 is 5.55. The van der Waals surface area contributed by atoms with E-state index in [1.54, 1.807) is 0 Å². The number of carboxylic acid groups (broad SMARTS) is 1. The van der Waals surface area contributed by atoms with Gasteiger partial charge in [0.2, 0.25) is 0 Å². The van der Waals surface area contributed by atoms with E-state index in [1.165, 1.54) is 0 Å². The lowest BCUT2D eigenvalue weighted by Gasteiger charge is -2.37. The average molecular weight is 284 g/mol. The number of aliphatic carboxylic acids is 1. The van der Waals surface area contributed by atoms with Crippen molar-refractivity contribution in [3.63, 3.8) is 0 Å². The van der Waals surface area contributed by atoms with E-state index in [4.69, 9.17) is 10.5 Å². The van der Waals surface area contributed by atoms with Crippen LogP contribution in [0, 0.1) is 17.8 Å². The molecule has 4 atom stereocenters. The first kappa shape index (κ1) is 17.0. The molecule has 0 heterocycles. The first-order valence-corrected chi connectivity index (χ1v) is 7.47. The molecule has 116 valence electrons. The van der Waals surface area contributed by atoms with Crippen LogP contribution in [0.5, 0.6) is 0 Å². The SMILES string of the molecule is CC1CCC(C(C)C)C(OC(=O)[C@@H](N)CCC(=O)[O-])C1. The van der Waals surface area contributed by atoms with Gasteiger partial charge in [0.1, 0.15) is 12.1 Å². The van der Waals surface area contributed by atoms with Gasteiger partial charge in [0.25, 0.3) is 0 Å². The average Bonchev–Trinajstić information content (AvgIpc) is 2.35. The molecule has 3 unspecified atom stereocenters. The number of esters is 1. The van der Waals surface area contributed by atoms with Crippen LogP contribution >= 0.6 is 0 Å². The minimum Gasteiger partial charge on any atom is -0.550 e. The van der Waals surface area contributed by atoms with Crippen molar-refractivity contribution in [1.82, 2.24) is 0 Å². The summed E-state index contributed by atoms with van der Waals surface area (Å²) in [4.78, 5) is 22.3. The predicted molar refractivity (Wildman–Crippen MR) is 73.4 cm³/mol. The van der Waals surface area contributed by atoms with Crippen molar-refractivity contribution in [2.24, 2.45) is 23.5 Å². The summed E-state index contributed by atoms with van der Waals surface area (Å²) >= 11 is 0. The van der Waals surface area contributed by atoms with Gasteiger partial charge in [-0.15, -0.1) is 0 Å². The molecule has 0 spiro atoms. The molecule has 0 bridgehead atoms. The van der Waals surface area contributed by atoms with Crippen molar-refractivity contribution < 1.29 is 19.4 Å². The van der Waals surface area contributed by atoms with Gasteiger partial charge < -0.3 is 20.4 Å². The number of ether oxygens (including phenoxy) is 1. The Morgan fingerprint density at radius 1 is 1.35 bits per heavy atom. The number of carboxylic acids is 1. The van der Waals surface area contributed by atoms with Crippen LogP contribution in [0.4, 0.5) is 0 Å². The Morgan fingerprint density at radius 2 is 2.00 bits per heavy atom. The summed E-state index contributed by atoms with van der Waals surface area (Å²) in [7, 11) is 0. The molecule has 0 saturated heterocycles. The van der Waals surface area contributed by atoms with Crippen LogP contribution in [0.3, 0.4) is 0 Å². The van der Waals surface area contributed by atoms with Gasteiger partial charge in [-0.3, -0.25) is 4.79 Å². The van der Waals surface area contributed by atoms with Crippen LogP contribution in [0.2, 0.25) is 0 Å². The first-order valence-electron chi connectivity index (χ1n) is 7.47. The fraction of sp³-hybridized carbons (Fsp3) is 0.867. The fourth-order valence-electron chi connectivity index (χ4n) is 2.88. The quantitative estimate of drug-likeness (QED) is 0.730. The zero-order chi connectivity index (χ0) is 15.3. The van der Waals surface area contributed by atoms with Gasteiger partial charge in [0, 0.05) is 5.97 Å². The van der Waals surface area contributed by atoms with E-state index in [1.807, 2.05) is 0 Å². The number of rotatable bonds is 6. The summed E-state index contributed by atoms with van der Waals surface area (Å²) in [5, 5.41) is 10.4. The minimum atomic E-state index is -1.19. The highest BCUT2D eigenvalue weighted by molar-refractivity contribution is 5.76. The molecule has 1 aliphatic rings. The smallest absolute Gasteiger partial charge is 0.323 e. The van der Waals surface area contributed by atoms with Crippen molar-refractivity contribution in [2.45, 2.75) is 65.0 Å². The highest BCUT2D eigenvalue weighted by atomic mass is 16.5. The second kappa shape index (κ2) is 7.62. The zero-order valence-electron chi connectivity index (χ0n) is 12.6. The number of carbonyl (C=O) groups excluding carboxylic acids is 2. The van der Waals surface area contributed by atoms with Gasteiger partial charge in [-0.1, -0.05) is 27.2 Å². The monoisotopic (exact) mass is 284 g/mol. The number of carbonyl (C=O) groups is 2. The van der Waals surface area contributed by atoms with E-state index in [0.717, 1.165) is 19.3 Å². The van der Waals surface area contributed by atoms with Crippen molar-refractivity contribution >= 4 is 11.9 Å². The van der Waals surface area contributed by atoms with Crippen molar-refractivity contribution in [3.05, 3.63) is 0 Å². The van der Waals surface area contributed by atoms with Crippen LogP contribution in [0.15, 0.2) is 0 Å². The highest BCUT2D eigenvalue weighted by Gasteiger charge is 2.34. The third kappa shape index (κ3) is 5.12. The van der Waals surface area contributed by atoms with Gasteiger partial charge in [0.05, 0.1) is 0 Å². The molecule has 1 aliphatic carbocycles. The molecule has 5 nitrogen and oxygen atoms in total. The predicted octanol–water partition coefficient (Wildman–Crippen LogP) is 0.848. The molecule has 5 heteroatoms. The molecule has 20 heavy (non-hydrogen) atoms. The van der Waals surface area contributed by atoms with E-state index < -0.39 is 18.0 Å². The topological polar surface area (TPSA) is 92.5 Å². The molecule has 1 fully saturated rings. The first-order chi connectivity index (χ1) is 9.31. The van der Waals surface area contributed by atoms with E-state index in [0.29, 0.717) is 17.8 Å². The number of hydrogen-bond acceptors (Lipinski definition) is 5. The van der Waals surface area contributed by atoms with Crippen LogP contribution in [0.1, 0.15) is 52.9 Å². The largest absolute Gasteiger partial charge is 0.550 e. The summed E-state index contributed by atoms with van der Waals surface area (Å²) in [5.41, 5.74) is 5.67. The number of hydrogen-bond donors (Lipinski definition) is 1. The van der Waals surface area contributed by atoms with Gasteiger partial charge in [0.15, 0.2) is 0 Å². The molecule has 0 aliphatic heterocycles. The third-order valence-corrected chi connectivity index (χ3v) is 4.19. The van der Waals surface area contributed by atoms with Crippen molar-refractivity contribution in [2.75, 3.05) is 0 Å². The molecule has 0 amide bonds. The Bertz CT molecular complexity index is 343. The second-order valence-corrected chi connectivity index (χ2v) is 6.32. The van der Waals surface area contributed by atoms with Crippen LogP contribution in [-0.4, -0.2) is 24.1 Å². The van der Waals surface area contributed by atoms with Crippen LogP contribution in [-0.2, 0) is 14.3 Å². The molecule has 0 aromatic carbocycles. The van der Waals surface area contributed by atoms with E-state index >= 15 is 0 Å². The Kier molecular flexibility index (Phi) is 6.46. The fourth-order valence-corrected chi connectivity index (χ4v) is 2.88. The highest BCUT2D eigenvalue weighted by Crippen LogP contribution is 2.35. The molecular weight excluding hydrogens is 258 g/mol. The lowest BCUT2D eigenvalue weighted by atomic mass is 9.75. The molecular formula is C15H26NO4-. The molecule has 1 saturated carbocycles. The molecule has 0 aromatic rings. The Hall–Kier alpha value is -1.10. The van der Waals surface area contributed by atoms with Crippen molar-refractivity contribution in [3.8, 4) is 0 Å².